The molecule has 0 atom stereocenters. The number of rotatable bonds is 5. The molecule has 3 aromatic rings. The first-order chi connectivity index (χ1) is 11.7. The van der Waals surface area contributed by atoms with Gasteiger partial charge in [-0.2, -0.15) is 0 Å². The standard InChI is InChI=1S/C19H17ClN2O2/c1-2-24-16-9-7-14(8-10-16)18-11-19(23)22(13-21-18)12-15-5-3-4-6-17(15)20/h3-11,13H,2,12H2,1H3. The highest BCUT2D eigenvalue weighted by molar-refractivity contribution is 6.31. The average Bonchev–Trinajstić information content (AvgIpc) is 2.59. The molecule has 0 aliphatic rings. The average molecular weight is 341 g/mol. The zero-order valence-corrected chi connectivity index (χ0v) is 14.0. The van der Waals surface area contributed by atoms with Crippen molar-refractivity contribution in [3.05, 3.63) is 81.9 Å². The van der Waals surface area contributed by atoms with E-state index in [0.717, 1.165) is 16.9 Å². The molecule has 122 valence electrons. The molecule has 0 aliphatic carbocycles. The van der Waals surface area contributed by atoms with Crippen molar-refractivity contribution in [1.82, 2.24) is 9.55 Å². The van der Waals surface area contributed by atoms with Gasteiger partial charge < -0.3 is 4.74 Å². The number of halogens is 1. The van der Waals surface area contributed by atoms with E-state index in [-0.39, 0.29) is 5.56 Å². The highest BCUT2D eigenvalue weighted by atomic mass is 35.5. The first-order valence-corrected chi connectivity index (χ1v) is 8.08. The van der Waals surface area contributed by atoms with Gasteiger partial charge in [0.05, 0.1) is 25.2 Å². The largest absolute Gasteiger partial charge is 0.494 e. The first kappa shape index (κ1) is 16.3. The molecule has 1 aromatic heterocycles. The minimum absolute atomic E-state index is 0.117. The molecular weight excluding hydrogens is 324 g/mol. The molecule has 24 heavy (non-hydrogen) atoms. The number of hydrogen-bond acceptors (Lipinski definition) is 3. The van der Waals surface area contributed by atoms with E-state index in [1.807, 2.05) is 55.5 Å². The predicted molar refractivity (Wildman–Crippen MR) is 95.7 cm³/mol. The lowest BCUT2D eigenvalue weighted by Gasteiger charge is -2.08. The normalized spacial score (nSPS) is 10.6. The third kappa shape index (κ3) is 3.66. The number of ether oxygens (including phenoxy) is 1. The maximum absolute atomic E-state index is 12.4. The smallest absolute Gasteiger partial charge is 0.254 e. The van der Waals surface area contributed by atoms with E-state index in [0.29, 0.717) is 23.9 Å². The van der Waals surface area contributed by atoms with Crippen LogP contribution in [0.3, 0.4) is 0 Å². The van der Waals surface area contributed by atoms with Gasteiger partial charge in [0.2, 0.25) is 0 Å². The van der Waals surface area contributed by atoms with E-state index in [2.05, 4.69) is 4.98 Å². The molecule has 0 spiro atoms. The predicted octanol–water partition coefficient (Wildman–Crippen LogP) is 4.01. The fourth-order valence-electron chi connectivity index (χ4n) is 2.40. The summed E-state index contributed by atoms with van der Waals surface area (Å²) in [5.41, 5.74) is 2.28. The molecule has 0 amide bonds. The monoisotopic (exact) mass is 340 g/mol. The van der Waals surface area contributed by atoms with Crippen LogP contribution in [0, 0.1) is 0 Å². The third-order valence-corrected chi connectivity index (χ3v) is 4.01. The van der Waals surface area contributed by atoms with E-state index < -0.39 is 0 Å². The Hall–Kier alpha value is -2.59. The molecule has 0 unspecified atom stereocenters. The van der Waals surface area contributed by atoms with Gasteiger partial charge in [0.15, 0.2) is 0 Å². The van der Waals surface area contributed by atoms with Gasteiger partial charge in [-0.1, -0.05) is 29.8 Å². The van der Waals surface area contributed by atoms with Crippen LogP contribution in [0.25, 0.3) is 11.3 Å². The zero-order valence-electron chi connectivity index (χ0n) is 13.3. The van der Waals surface area contributed by atoms with Crippen LogP contribution in [-0.2, 0) is 6.54 Å². The fraction of sp³-hybridized carbons (Fsp3) is 0.158. The minimum Gasteiger partial charge on any atom is -0.494 e. The molecule has 0 radical (unpaired) electrons. The summed E-state index contributed by atoms with van der Waals surface area (Å²) in [6.45, 7) is 2.96. The van der Waals surface area contributed by atoms with E-state index >= 15 is 0 Å². The first-order valence-electron chi connectivity index (χ1n) is 7.70. The van der Waals surface area contributed by atoms with Crippen LogP contribution in [0.15, 0.2) is 65.7 Å². The van der Waals surface area contributed by atoms with E-state index in [1.165, 1.54) is 6.07 Å². The summed E-state index contributed by atoms with van der Waals surface area (Å²) in [4.78, 5) is 16.7. The quantitative estimate of drug-likeness (QED) is 0.705. The van der Waals surface area contributed by atoms with Gasteiger partial charge in [-0.3, -0.25) is 9.36 Å². The highest BCUT2D eigenvalue weighted by Crippen LogP contribution is 2.20. The molecule has 1 heterocycles. The van der Waals surface area contributed by atoms with Crippen molar-refractivity contribution >= 4 is 11.6 Å². The van der Waals surface area contributed by atoms with Gasteiger partial charge >= 0.3 is 0 Å². The molecule has 0 aliphatic heterocycles. The molecule has 0 saturated carbocycles. The minimum atomic E-state index is -0.117. The Morgan fingerprint density at radius 1 is 1.12 bits per heavy atom. The van der Waals surface area contributed by atoms with Crippen molar-refractivity contribution in [1.29, 1.82) is 0 Å². The molecule has 4 nitrogen and oxygen atoms in total. The lowest BCUT2D eigenvalue weighted by Crippen LogP contribution is -2.20. The van der Waals surface area contributed by atoms with Gasteiger partial charge in [-0.25, -0.2) is 4.98 Å². The van der Waals surface area contributed by atoms with Crippen molar-refractivity contribution < 1.29 is 4.74 Å². The third-order valence-electron chi connectivity index (χ3n) is 3.64. The Balaban J connectivity index is 1.84. The molecule has 3 rings (SSSR count). The highest BCUT2D eigenvalue weighted by Gasteiger charge is 2.06. The summed E-state index contributed by atoms with van der Waals surface area (Å²) in [5, 5.41) is 0.639. The molecule has 2 aromatic carbocycles. The summed E-state index contributed by atoms with van der Waals surface area (Å²) in [6.07, 6.45) is 1.55. The Labute approximate surface area is 145 Å². The second-order valence-electron chi connectivity index (χ2n) is 5.29. The number of nitrogens with zero attached hydrogens (tertiary/aromatic N) is 2. The van der Waals surface area contributed by atoms with Crippen LogP contribution in [-0.4, -0.2) is 16.2 Å². The van der Waals surface area contributed by atoms with Gasteiger partial charge in [-0.05, 0) is 42.8 Å². The van der Waals surface area contributed by atoms with Crippen LogP contribution in [0.4, 0.5) is 0 Å². The van der Waals surface area contributed by atoms with Gasteiger partial charge in [0.25, 0.3) is 5.56 Å². The van der Waals surface area contributed by atoms with Crippen molar-refractivity contribution in [3.63, 3.8) is 0 Å². The summed E-state index contributed by atoms with van der Waals surface area (Å²) >= 11 is 6.15. The Morgan fingerprint density at radius 3 is 2.54 bits per heavy atom. The molecule has 0 saturated heterocycles. The maximum Gasteiger partial charge on any atom is 0.254 e. The van der Waals surface area contributed by atoms with Crippen LogP contribution < -0.4 is 10.3 Å². The Kier molecular flexibility index (Phi) is 4.96. The number of aromatic nitrogens is 2. The Bertz CT molecular complexity index is 888. The number of hydrogen-bond donors (Lipinski definition) is 0. The SMILES string of the molecule is CCOc1ccc(-c2cc(=O)n(Cc3ccccc3Cl)cn2)cc1. The zero-order chi connectivity index (χ0) is 16.9. The summed E-state index contributed by atoms with van der Waals surface area (Å²) in [5.74, 6) is 0.799. The lowest BCUT2D eigenvalue weighted by atomic mass is 10.1. The van der Waals surface area contributed by atoms with Gasteiger partial charge in [0.1, 0.15) is 5.75 Å². The van der Waals surface area contributed by atoms with E-state index in [1.54, 1.807) is 10.9 Å². The summed E-state index contributed by atoms with van der Waals surface area (Å²) in [7, 11) is 0. The lowest BCUT2D eigenvalue weighted by molar-refractivity contribution is 0.340. The van der Waals surface area contributed by atoms with Crippen molar-refractivity contribution in [3.8, 4) is 17.0 Å². The molecule has 0 fully saturated rings. The topological polar surface area (TPSA) is 44.1 Å². The van der Waals surface area contributed by atoms with Crippen molar-refractivity contribution in [2.24, 2.45) is 0 Å². The number of benzene rings is 2. The van der Waals surface area contributed by atoms with Crippen LogP contribution >= 0.6 is 11.6 Å². The molecular formula is C19H17ClN2O2. The van der Waals surface area contributed by atoms with E-state index in [4.69, 9.17) is 16.3 Å². The van der Waals surface area contributed by atoms with Crippen LogP contribution in [0.2, 0.25) is 5.02 Å². The van der Waals surface area contributed by atoms with Gasteiger partial charge in [-0.15, -0.1) is 0 Å². The molecule has 0 N–H and O–H groups in total. The Morgan fingerprint density at radius 2 is 1.88 bits per heavy atom. The van der Waals surface area contributed by atoms with Gasteiger partial charge in [0, 0.05) is 16.7 Å². The van der Waals surface area contributed by atoms with E-state index in [9.17, 15) is 4.79 Å². The second kappa shape index (κ2) is 7.32. The fourth-order valence-corrected chi connectivity index (χ4v) is 2.60. The van der Waals surface area contributed by atoms with Crippen LogP contribution in [0.1, 0.15) is 12.5 Å². The second-order valence-corrected chi connectivity index (χ2v) is 5.70. The maximum atomic E-state index is 12.4. The summed E-state index contributed by atoms with van der Waals surface area (Å²) in [6, 6.07) is 16.5. The molecule has 0 bridgehead atoms. The molecule has 5 heteroatoms. The van der Waals surface area contributed by atoms with Crippen molar-refractivity contribution in [2.75, 3.05) is 6.61 Å². The summed E-state index contributed by atoms with van der Waals surface area (Å²) < 4.78 is 6.96. The van der Waals surface area contributed by atoms with Crippen molar-refractivity contribution in [2.45, 2.75) is 13.5 Å². The van der Waals surface area contributed by atoms with Crippen LogP contribution in [0.5, 0.6) is 5.75 Å².